The quantitative estimate of drug-likeness (QED) is 0.723. The fraction of sp³-hybridized carbons (Fsp3) is 0.692. The third kappa shape index (κ3) is 1.82. The molecule has 6 aliphatic rings. The highest BCUT2D eigenvalue weighted by atomic mass is 16.6. The molecule has 2 aliphatic heterocycles. The van der Waals surface area contributed by atoms with Crippen molar-refractivity contribution in [3.8, 4) is 11.5 Å². The lowest BCUT2D eigenvalue weighted by Crippen LogP contribution is -2.85. The first kappa shape index (κ1) is 20.1. The molecule has 5 nitrogen and oxygen atoms in total. The Morgan fingerprint density at radius 2 is 2.10 bits per heavy atom. The Morgan fingerprint density at radius 3 is 2.81 bits per heavy atom. The summed E-state index contributed by atoms with van der Waals surface area (Å²) >= 11 is 0. The van der Waals surface area contributed by atoms with Gasteiger partial charge in [-0.2, -0.15) is 0 Å². The van der Waals surface area contributed by atoms with E-state index in [2.05, 4.69) is 44.0 Å². The van der Waals surface area contributed by atoms with Gasteiger partial charge in [-0.05, 0) is 64.8 Å². The zero-order valence-electron chi connectivity index (χ0n) is 19.4. The van der Waals surface area contributed by atoms with Crippen LogP contribution in [0.4, 0.5) is 0 Å². The van der Waals surface area contributed by atoms with Gasteiger partial charge in [0.15, 0.2) is 11.5 Å². The Kier molecular flexibility index (Phi) is 3.67. The number of likely N-dealkylation sites (N-methyl/N-ethyl adjacent to an activating group) is 1. The summed E-state index contributed by atoms with van der Waals surface area (Å²) in [5.41, 5.74) is -0.290. The van der Waals surface area contributed by atoms with Gasteiger partial charge in [-0.1, -0.05) is 31.6 Å². The second-order valence-electron chi connectivity index (χ2n) is 11.2. The molecule has 2 heterocycles. The standard InChI is InChI=1S/C26H35NO4/c1-6-9-22(2,29)18-15-24-10-11-26(18,30-5)23(3)25(24)12-13-27(4)19(24)14-16-7-8-17(28)21(31-23)20(16)25/h7-8,10-11,18-19,28-29H,6,9,12-15H2,1-5H3/t18-,19+,22+,23-,24-,25+,26+/m1/s1. The number of phenolic OH excluding ortho intramolecular Hbond substituents is 1. The van der Waals surface area contributed by atoms with Gasteiger partial charge in [0, 0.05) is 30.0 Å². The lowest BCUT2D eigenvalue weighted by atomic mass is 9.32. The van der Waals surface area contributed by atoms with Crippen LogP contribution in [0.3, 0.4) is 0 Å². The van der Waals surface area contributed by atoms with E-state index in [9.17, 15) is 10.2 Å². The third-order valence-electron chi connectivity index (χ3n) is 10.2. The number of hydrogen-bond acceptors (Lipinski definition) is 5. The number of ether oxygens (including phenoxy) is 2. The van der Waals surface area contributed by atoms with Gasteiger partial charge in [0.25, 0.3) is 0 Å². The molecule has 31 heavy (non-hydrogen) atoms. The minimum atomic E-state index is -0.875. The highest BCUT2D eigenvalue weighted by Crippen LogP contribution is 2.79. The summed E-state index contributed by atoms with van der Waals surface area (Å²) in [6.07, 6.45) is 9.04. The number of fused-ring (bicyclic) bond motifs is 1. The number of piperidine rings is 1. The zero-order chi connectivity index (χ0) is 22.0. The molecule has 1 aromatic carbocycles. The van der Waals surface area contributed by atoms with Crippen LogP contribution in [0.25, 0.3) is 0 Å². The fourth-order valence-electron chi connectivity index (χ4n) is 9.06. The molecule has 7 atom stereocenters. The van der Waals surface area contributed by atoms with Crippen LogP contribution in [0.1, 0.15) is 57.6 Å². The van der Waals surface area contributed by atoms with Gasteiger partial charge in [0.05, 0.1) is 11.0 Å². The topological polar surface area (TPSA) is 62.2 Å². The molecule has 0 aromatic heterocycles. The van der Waals surface area contributed by atoms with Crippen LogP contribution >= 0.6 is 0 Å². The van der Waals surface area contributed by atoms with Crippen molar-refractivity contribution in [2.24, 2.45) is 11.3 Å². The fourth-order valence-corrected chi connectivity index (χ4v) is 9.06. The normalized spacial score (nSPS) is 45.9. The minimum absolute atomic E-state index is 0.0971. The van der Waals surface area contributed by atoms with Gasteiger partial charge < -0.3 is 24.6 Å². The summed E-state index contributed by atoms with van der Waals surface area (Å²) in [7, 11) is 4.01. The first-order valence-corrected chi connectivity index (χ1v) is 11.9. The molecule has 1 saturated carbocycles. The van der Waals surface area contributed by atoms with E-state index in [1.807, 2.05) is 6.92 Å². The third-order valence-corrected chi connectivity index (χ3v) is 10.2. The molecule has 1 aromatic rings. The van der Waals surface area contributed by atoms with E-state index in [1.54, 1.807) is 13.2 Å². The van der Waals surface area contributed by atoms with Crippen molar-refractivity contribution in [2.45, 2.75) is 81.1 Å². The second kappa shape index (κ2) is 5.67. The Balaban J connectivity index is 1.71. The molecule has 4 bridgehead atoms. The van der Waals surface area contributed by atoms with Crippen molar-refractivity contribution < 1.29 is 19.7 Å². The predicted molar refractivity (Wildman–Crippen MR) is 119 cm³/mol. The van der Waals surface area contributed by atoms with Crippen LogP contribution in [0, 0.1) is 11.3 Å². The van der Waals surface area contributed by atoms with Gasteiger partial charge in [0.2, 0.25) is 0 Å². The molecule has 2 spiro atoms. The SMILES string of the molecule is CCC[C@](C)(O)[C@H]1C[C@@]23C=C[C@@]1(OC)[C@]1(C)Oc4c(O)ccc5c4[C@@]12CCN(C)[C@H]3C5. The van der Waals surface area contributed by atoms with E-state index in [0.717, 1.165) is 38.6 Å². The summed E-state index contributed by atoms with van der Waals surface area (Å²) < 4.78 is 13.4. The number of aromatic hydroxyl groups is 1. The average Bonchev–Trinajstić information content (AvgIpc) is 3.03. The lowest BCUT2D eigenvalue weighted by Gasteiger charge is -2.75. The van der Waals surface area contributed by atoms with Crippen molar-refractivity contribution in [2.75, 3.05) is 20.7 Å². The van der Waals surface area contributed by atoms with Crippen molar-refractivity contribution in [1.82, 2.24) is 4.90 Å². The van der Waals surface area contributed by atoms with Crippen LogP contribution < -0.4 is 4.74 Å². The van der Waals surface area contributed by atoms with Gasteiger partial charge in [-0.3, -0.25) is 0 Å². The smallest absolute Gasteiger partial charge is 0.166 e. The van der Waals surface area contributed by atoms with Crippen molar-refractivity contribution >= 4 is 0 Å². The van der Waals surface area contributed by atoms with E-state index >= 15 is 0 Å². The molecule has 0 amide bonds. The van der Waals surface area contributed by atoms with E-state index in [1.165, 1.54) is 11.1 Å². The Bertz CT molecular complexity index is 1000. The number of benzene rings is 1. The summed E-state index contributed by atoms with van der Waals surface area (Å²) in [6, 6.07) is 4.22. The van der Waals surface area contributed by atoms with E-state index in [4.69, 9.17) is 9.47 Å². The molecule has 5 heteroatoms. The predicted octanol–water partition coefficient (Wildman–Crippen LogP) is 3.55. The van der Waals surface area contributed by atoms with Crippen molar-refractivity contribution in [1.29, 1.82) is 0 Å². The maximum atomic E-state index is 11.8. The largest absolute Gasteiger partial charge is 0.504 e. The van der Waals surface area contributed by atoms with Crippen LogP contribution in [-0.2, 0) is 16.6 Å². The van der Waals surface area contributed by atoms with Gasteiger partial charge >= 0.3 is 0 Å². The molecule has 7 rings (SSSR count). The molecule has 0 unspecified atom stereocenters. The molecule has 4 aliphatic carbocycles. The molecular weight excluding hydrogens is 390 g/mol. The minimum Gasteiger partial charge on any atom is -0.504 e. The first-order chi connectivity index (χ1) is 14.6. The van der Waals surface area contributed by atoms with Crippen molar-refractivity contribution in [3.05, 3.63) is 35.4 Å². The number of nitrogens with zero attached hydrogens (tertiary/aromatic N) is 1. The zero-order valence-corrected chi connectivity index (χ0v) is 19.4. The maximum Gasteiger partial charge on any atom is 0.166 e. The number of aliphatic hydroxyl groups is 1. The summed E-state index contributed by atoms with van der Waals surface area (Å²) in [6.45, 7) is 7.29. The van der Waals surface area contributed by atoms with E-state index in [-0.39, 0.29) is 22.5 Å². The molecule has 0 radical (unpaired) electrons. The van der Waals surface area contributed by atoms with Gasteiger partial charge in [-0.15, -0.1) is 0 Å². The highest BCUT2D eigenvalue weighted by molar-refractivity contribution is 5.67. The van der Waals surface area contributed by atoms with E-state index in [0.29, 0.717) is 11.8 Å². The van der Waals surface area contributed by atoms with Crippen LogP contribution in [0.2, 0.25) is 0 Å². The number of likely N-dealkylation sites (tertiary alicyclic amines) is 1. The van der Waals surface area contributed by atoms with Crippen LogP contribution in [0.5, 0.6) is 11.5 Å². The molecule has 168 valence electrons. The summed E-state index contributed by atoms with van der Waals surface area (Å²) in [4.78, 5) is 2.51. The number of phenols is 1. The summed E-state index contributed by atoms with van der Waals surface area (Å²) in [5, 5.41) is 22.7. The number of hydrogen-bond donors (Lipinski definition) is 2. The molecule has 2 N–H and O–H groups in total. The first-order valence-electron chi connectivity index (χ1n) is 11.9. The lowest BCUT2D eigenvalue weighted by molar-refractivity contribution is -0.286. The average molecular weight is 426 g/mol. The second-order valence-corrected chi connectivity index (χ2v) is 11.2. The molecule has 1 saturated heterocycles. The molecular formula is C26H35NO4. The highest BCUT2D eigenvalue weighted by Gasteiger charge is 2.85. The number of rotatable bonds is 4. The Morgan fingerprint density at radius 1 is 1.32 bits per heavy atom. The van der Waals surface area contributed by atoms with E-state index < -0.39 is 16.8 Å². The Labute approximate surface area is 185 Å². The molecule has 2 fully saturated rings. The van der Waals surface area contributed by atoms with Crippen molar-refractivity contribution in [3.63, 3.8) is 0 Å². The van der Waals surface area contributed by atoms with Crippen LogP contribution in [-0.4, -0.2) is 58.7 Å². The van der Waals surface area contributed by atoms with Gasteiger partial charge in [0.1, 0.15) is 11.2 Å². The summed E-state index contributed by atoms with van der Waals surface area (Å²) in [5.74, 6) is 0.771. The number of methoxy groups -OCH3 is 1. The van der Waals surface area contributed by atoms with Gasteiger partial charge in [-0.25, -0.2) is 0 Å². The maximum absolute atomic E-state index is 11.8. The monoisotopic (exact) mass is 425 g/mol. The van der Waals surface area contributed by atoms with Crippen LogP contribution in [0.15, 0.2) is 24.3 Å². The Hall–Kier alpha value is -1.56.